The van der Waals surface area contributed by atoms with Crippen LogP contribution in [0.25, 0.3) is 10.2 Å². The number of aromatic nitrogens is 2. The van der Waals surface area contributed by atoms with Crippen molar-refractivity contribution in [3.8, 4) is 0 Å². The Morgan fingerprint density at radius 1 is 1.48 bits per heavy atom. The first-order chi connectivity index (χ1) is 10.1. The molecule has 0 radical (unpaired) electrons. The lowest BCUT2D eigenvalue weighted by atomic mass is 10.1. The van der Waals surface area contributed by atoms with Crippen LogP contribution in [-0.2, 0) is 14.3 Å². The van der Waals surface area contributed by atoms with Crippen molar-refractivity contribution in [2.75, 3.05) is 31.8 Å². The van der Waals surface area contributed by atoms with E-state index in [4.69, 9.17) is 9.47 Å². The number of carbonyl (C=O) groups excluding carboxylic acids is 1. The van der Waals surface area contributed by atoms with Gasteiger partial charge in [0.15, 0.2) is 6.04 Å². The number of esters is 1. The molecule has 0 aromatic carbocycles. The minimum absolute atomic E-state index is 0.300. The van der Waals surface area contributed by atoms with Crippen molar-refractivity contribution < 1.29 is 14.3 Å². The number of ether oxygens (including phenoxy) is 2. The number of rotatable bonds is 2. The Kier molecular flexibility index (Phi) is 3.77. The zero-order valence-electron chi connectivity index (χ0n) is 12.3. The molecule has 0 saturated carbocycles. The first-order valence-corrected chi connectivity index (χ1v) is 7.58. The molecule has 112 valence electrons. The quantitative estimate of drug-likeness (QED) is 0.787. The fourth-order valence-electron chi connectivity index (χ4n) is 2.57. The SMILES string of the molecule is COC(=O)C1COCCN1c1ncnc2sc(C)c(C)c12. The van der Waals surface area contributed by atoms with Gasteiger partial charge < -0.3 is 14.4 Å². The van der Waals surface area contributed by atoms with Gasteiger partial charge in [-0.2, -0.15) is 0 Å². The van der Waals surface area contributed by atoms with Crippen molar-refractivity contribution in [3.05, 3.63) is 16.8 Å². The van der Waals surface area contributed by atoms with E-state index in [0.29, 0.717) is 19.8 Å². The molecule has 6 nitrogen and oxygen atoms in total. The molecule has 1 atom stereocenters. The average Bonchev–Trinajstić information content (AvgIpc) is 2.81. The second-order valence-corrected chi connectivity index (χ2v) is 6.17. The summed E-state index contributed by atoms with van der Waals surface area (Å²) in [6.45, 7) is 5.64. The second kappa shape index (κ2) is 5.57. The molecule has 21 heavy (non-hydrogen) atoms. The van der Waals surface area contributed by atoms with Crippen molar-refractivity contribution in [2.24, 2.45) is 0 Å². The molecular formula is C14H17N3O3S. The Bertz CT molecular complexity index is 685. The van der Waals surface area contributed by atoms with E-state index in [9.17, 15) is 4.79 Å². The lowest BCUT2D eigenvalue weighted by Crippen LogP contribution is -2.51. The first-order valence-electron chi connectivity index (χ1n) is 6.76. The minimum Gasteiger partial charge on any atom is -0.467 e. The van der Waals surface area contributed by atoms with Gasteiger partial charge in [0.1, 0.15) is 17.0 Å². The number of morpholine rings is 1. The molecule has 0 amide bonds. The zero-order valence-corrected chi connectivity index (χ0v) is 13.1. The van der Waals surface area contributed by atoms with Crippen LogP contribution in [0.1, 0.15) is 10.4 Å². The third kappa shape index (κ3) is 2.36. The number of nitrogens with zero attached hydrogens (tertiary/aromatic N) is 3. The summed E-state index contributed by atoms with van der Waals surface area (Å²) in [5, 5.41) is 1.02. The van der Waals surface area contributed by atoms with Crippen LogP contribution in [0.4, 0.5) is 5.82 Å². The van der Waals surface area contributed by atoms with Crippen molar-refractivity contribution in [1.29, 1.82) is 0 Å². The number of methoxy groups -OCH3 is 1. The van der Waals surface area contributed by atoms with Gasteiger partial charge in [0.2, 0.25) is 0 Å². The molecule has 0 bridgehead atoms. The van der Waals surface area contributed by atoms with Gasteiger partial charge >= 0.3 is 5.97 Å². The van der Waals surface area contributed by atoms with Crippen molar-refractivity contribution in [2.45, 2.75) is 19.9 Å². The van der Waals surface area contributed by atoms with Crippen LogP contribution in [0.3, 0.4) is 0 Å². The van der Waals surface area contributed by atoms with E-state index < -0.39 is 6.04 Å². The molecule has 0 N–H and O–H groups in total. The number of thiophene rings is 1. The summed E-state index contributed by atoms with van der Waals surface area (Å²) < 4.78 is 10.3. The second-order valence-electron chi connectivity index (χ2n) is 4.97. The third-order valence-electron chi connectivity index (χ3n) is 3.82. The molecule has 0 aliphatic carbocycles. The lowest BCUT2D eigenvalue weighted by Gasteiger charge is -2.34. The average molecular weight is 307 g/mol. The van der Waals surface area contributed by atoms with Gasteiger partial charge in [-0.3, -0.25) is 0 Å². The summed E-state index contributed by atoms with van der Waals surface area (Å²) in [5.41, 5.74) is 1.17. The standard InChI is InChI=1S/C14H17N3O3S/c1-8-9(2)21-13-11(8)12(15-7-16-13)17-4-5-20-6-10(17)14(18)19-3/h7,10H,4-6H2,1-3H3. The van der Waals surface area contributed by atoms with Crippen LogP contribution in [0.5, 0.6) is 0 Å². The van der Waals surface area contributed by atoms with Gasteiger partial charge in [0.25, 0.3) is 0 Å². The highest BCUT2D eigenvalue weighted by Gasteiger charge is 2.33. The summed E-state index contributed by atoms with van der Waals surface area (Å²) in [6, 6.07) is -0.457. The number of hydrogen-bond acceptors (Lipinski definition) is 7. The lowest BCUT2D eigenvalue weighted by molar-refractivity contribution is -0.144. The smallest absolute Gasteiger partial charge is 0.330 e. The fraction of sp³-hybridized carbons (Fsp3) is 0.500. The van der Waals surface area contributed by atoms with Gasteiger partial charge in [-0.25, -0.2) is 14.8 Å². The van der Waals surface area contributed by atoms with Gasteiger partial charge in [0.05, 0.1) is 25.7 Å². The van der Waals surface area contributed by atoms with E-state index in [0.717, 1.165) is 16.0 Å². The molecule has 1 aliphatic rings. The van der Waals surface area contributed by atoms with E-state index in [1.807, 2.05) is 4.90 Å². The van der Waals surface area contributed by atoms with Gasteiger partial charge in [0, 0.05) is 11.4 Å². The van der Waals surface area contributed by atoms with Gasteiger partial charge in [-0.15, -0.1) is 11.3 Å². The Morgan fingerprint density at radius 2 is 2.29 bits per heavy atom. The van der Waals surface area contributed by atoms with Crippen LogP contribution < -0.4 is 4.90 Å². The Balaban J connectivity index is 2.11. The predicted octanol–water partition coefficient (Wildman–Crippen LogP) is 1.69. The summed E-state index contributed by atoms with van der Waals surface area (Å²) >= 11 is 1.65. The summed E-state index contributed by atoms with van der Waals surface area (Å²) in [6.07, 6.45) is 1.55. The van der Waals surface area contributed by atoms with E-state index >= 15 is 0 Å². The van der Waals surface area contributed by atoms with Crippen molar-refractivity contribution >= 4 is 33.3 Å². The number of aryl methyl sites for hydroxylation is 2. The summed E-state index contributed by atoms with van der Waals surface area (Å²) in [4.78, 5) is 24.9. The van der Waals surface area contributed by atoms with E-state index in [1.54, 1.807) is 17.7 Å². The van der Waals surface area contributed by atoms with Crippen LogP contribution >= 0.6 is 11.3 Å². The van der Waals surface area contributed by atoms with E-state index in [-0.39, 0.29) is 5.97 Å². The van der Waals surface area contributed by atoms with Crippen molar-refractivity contribution in [3.63, 3.8) is 0 Å². The highest BCUT2D eigenvalue weighted by Crippen LogP contribution is 2.35. The van der Waals surface area contributed by atoms with Crippen LogP contribution in [0, 0.1) is 13.8 Å². The fourth-order valence-corrected chi connectivity index (χ4v) is 3.56. The third-order valence-corrected chi connectivity index (χ3v) is 4.93. The van der Waals surface area contributed by atoms with E-state index in [2.05, 4.69) is 23.8 Å². The topological polar surface area (TPSA) is 64.6 Å². The maximum absolute atomic E-state index is 12.0. The van der Waals surface area contributed by atoms with Crippen LogP contribution in [-0.4, -0.2) is 48.8 Å². The molecule has 0 spiro atoms. The summed E-state index contributed by atoms with van der Waals surface area (Å²) in [7, 11) is 1.39. The van der Waals surface area contributed by atoms with Crippen LogP contribution in [0.15, 0.2) is 6.33 Å². The highest BCUT2D eigenvalue weighted by atomic mass is 32.1. The first kappa shape index (κ1) is 14.2. The van der Waals surface area contributed by atoms with Gasteiger partial charge in [-0.05, 0) is 19.4 Å². The number of hydrogen-bond donors (Lipinski definition) is 0. The predicted molar refractivity (Wildman–Crippen MR) is 80.9 cm³/mol. The molecule has 7 heteroatoms. The highest BCUT2D eigenvalue weighted by molar-refractivity contribution is 7.18. The summed E-state index contributed by atoms with van der Waals surface area (Å²) in [5.74, 6) is 0.492. The molecule has 1 aliphatic heterocycles. The Labute approximate surface area is 126 Å². The van der Waals surface area contributed by atoms with Crippen molar-refractivity contribution in [1.82, 2.24) is 9.97 Å². The molecule has 3 heterocycles. The molecule has 1 saturated heterocycles. The maximum Gasteiger partial charge on any atom is 0.330 e. The maximum atomic E-state index is 12.0. The van der Waals surface area contributed by atoms with Crippen LogP contribution in [0.2, 0.25) is 0 Å². The zero-order chi connectivity index (χ0) is 15.0. The normalized spacial score (nSPS) is 19.0. The largest absolute Gasteiger partial charge is 0.467 e. The molecule has 3 rings (SSSR count). The van der Waals surface area contributed by atoms with Gasteiger partial charge in [-0.1, -0.05) is 0 Å². The monoisotopic (exact) mass is 307 g/mol. The molecule has 2 aromatic rings. The molecule has 1 fully saturated rings. The molecular weight excluding hydrogens is 290 g/mol. The number of carbonyl (C=O) groups is 1. The molecule has 1 unspecified atom stereocenters. The van der Waals surface area contributed by atoms with E-state index in [1.165, 1.54) is 17.6 Å². The number of anilines is 1. The molecule has 2 aromatic heterocycles. The Morgan fingerprint density at radius 3 is 3.05 bits per heavy atom. The Hall–Kier alpha value is -1.73. The minimum atomic E-state index is -0.457. The number of fused-ring (bicyclic) bond motifs is 1.